The predicted molar refractivity (Wildman–Crippen MR) is 59.4 cm³/mol. The Morgan fingerprint density at radius 1 is 1.25 bits per heavy atom. The van der Waals surface area contributed by atoms with Gasteiger partial charge in [0.15, 0.2) is 0 Å². The molecule has 3 heteroatoms. The second-order valence-electron chi connectivity index (χ2n) is 4.37. The van der Waals surface area contributed by atoms with Gasteiger partial charge in [-0.25, -0.2) is 3.11 Å². The molecule has 1 heterocycles. The zero-order valence-electron chi connectivity index (χ0n) is 7.89. The molecule has 1 aliphatic heterocycles. The normalized spacial score (nSPS) is 30.0. The molecule has 0 atom stereocenters. The summed E-state index contributed by atoms with van der Waals surface area (Å²) in [4.78, 5) is 2.61. The van der Waals surface area contributed by atoms with Gasteiger partial charge in [-0.3, -0.25) is 4.90 Å². The molecule has 0 aromatic rings. The zero-order valence-corrected chi connectivity index (χ0v) is 10.0. The molecule has 2 rings (SSSR count). The number of piperazine rings is 1. The minimum atomic E-state index is 0.586. The summed E-state index contributed by atoms with van der Waals surface area (Å²) in [5.41, 5.74) is 0.586. The van der Waals surface area contributed by atoms with Gasteiger partial charge < -0.3 is 0 Å². The van der Waals surface area contributed by atoms with E-state index in [2.05, 4.69) is 44.7 Å². The average molecular weight is 280 g/mol. The van der Waals surface area contributed by atoms with E-state index in [0.717, 1.165) is 6.04 Å². The molecule has 70 valence electrons. The first-order valence-electron chi connectivity index (χ1n) is 4.81. The van der Waals surface area contributed by atoms with Crippen LogP contribution in [0.1, 0.15) is 26.7 Å². The van der Waals surface area contributed by atoms with Crippen molar-refractivity contribution in [3.8, 4) is 0 Å². The van der Waals surface area contributed by atoms with Gasteiger partial charge >= 0.3 is 0 Å². The third-order valence-electron chi connectivity index (χ3n) is 3.15. The highest BCUT2D eigenvalue weighted by atomic mass is 127. The van der Waals surface area contributed by atoms with Crippen molar-refractivity contribution in [3.05, 3.63) is 0 Å². The van der Waals surface area contributed by atoms with E-state index in [1.54, 1.807) is 0 Å². The van der Waals surface area contributed by atoms with Gasteiger partial charge in [0.1, 0.15) is 0 Å². The molecular weight excluding hydrogens is 263 g/mol. The summed E-state index contributed by atoms with van der Waals surface area (Å²) >= 11 is 2.50. The van der Waals surface area contributed by atoms with Crippen molar-refractivity contribution in [2.75, 3.05) is 19.6 Å². The van der Waals surface area contributed by atoms with Crippen molar-refractivity contribution >= 4 is 22.9 Å². The molecule has 1 aliphatic carbocycles. The van der Waals surface area contributed by atoms with Gasteiger partial charge in [0, 0.05) is 54.1 Å². The maximum Gasteiger partial charge on any atom is 0.0434 e. The lowest BCUT2D eigenvalue weighted by Gasteiger charge is -2.40. The molecule has 0 aromatic carbocycles. The van der Waals surface area contributed by atoms with E-state index in [-0.39, 0.29) is 0 Å². The zero-order chi connectivity index (χ0) is 8.77. The molecular formula is C9H17IN2. The Balaban J connectivity index is 1.99. The fourth-order valence-corrected chi connectivity index (χ4v) is 2.82. The van der Waals surface area contributed by atoms with Crippen molar-refractivity contribution in [1.82, 2.24) is 8.01 Å². The second-order valence-corrected chi connectivity index (χ2v) is 5.54. The Bertz CT molecular complexity index is 177. The summed E-state index contributed by atoms with van der Waals surface area (Å²) in [5.74, 6) is 0. The number of rotatable bonds is 1. The molecule has 1 spiro atoms. The lowest BCUT2D eigenvalue weighted by molar-refractivity contribution is 0.113. The van der Waals surface area contributed by atoms with Gasteiger partial charge in [-0.1, -0.05) is 0 Å². The quantitative estimate of drug-likeness (QED) is 0.534. The first-order chi connectivity index (χ1) is 5.64. The van der Waals surface area contributed by atoms with Crippen molar-refractivity contribution in [3.63, 3.8) is 0 Å². The van der Waals surface area contributed by atoms with E-state index < -0.39 is 0 Å². The third kappa shape index (κ3) is 1.51. The highest BCUT2D eigenvalue weighted by molar-refractivity contribution is 14.1. The molecule has 2 aliphatic rings. The molecule has 0 bridgehead atoms. The summed E-state index contributed by atoms with van der Waals surface area (Å²) in [6.45, 7) is 8.41. The number of nitrogens with zero attached hydrogens (tertiary/aromatic N) is 2. The molecule has 0 N–H and O–H groups in total. The smallest absolute Gasteiger partial charge is 0.0434 e. The second kappa shape index (κ2) is 3.10. The van der Waals surface area contributed by atoms with Gasteiger partial charge in [-0.05, 0) is 26.7 Å². The van der Waals surface area contributed by atoms with Crippen LogP contribution < -0.4 is 0 Å². The summed E-state index contributed by atoms with van der Waals surface area (Å²) in [7, 11) is 0. The highest BCUT2D eigenvalue weighted by Crippen LogP contribution is 2.46. The number of halogens is 1. The third-order valence-corrected chi connectivity index (χ3v) is 4.66. The van der Waals surface area contributed by atoms with Crippen molar-refractivity contribution in [2.45, 2.75) is 38.3 Å². The Labute approximate surface area is 88.8 Å². The molecule has 0 amide bonds. The van der Waals surface area contributed by atoms with Crippen LogP contribution in [0, 0.1) is 0 Å². The van der Waals surface area contributed by atoms with Gasteiger partial charge in [-0.15, -0.1) is 0 Å². The Hall–Kier alpha value is 0.650. The van der Waals surface area contributed by atoms with E-state index >= 15 is 0 Å². The summed E-state index contributed by atoms with van der Waals surface area (Å²) in [6.07, 6.45) is 2.83. The fraction of sp³-hybridized carbons (Fsp3) is 1.00. The van der Waals surface area contributed by atoms with Crippen LogP contribution in [-0.2, 0) is 0 Å². The van der Waals surface area contributed by atoms with E-state index in [1.165, 1.54) is 32.5 Å². The van der Waals surface area contributed by atoms with Crippen molar-refractivity contribution in [2.24, 2.45) is 0 Å². The maximum atomic E-state index is 2.61. The van der Waals surface area contributed by atoms with Crippen LogP contribution in [-0.4, -0.2) is 39.2 Å². The molecule has 12 heavy (non-hydrogen) atoms. The minimum absolute atomic E-state index is 0.586. The van der Waals surface area contributed by atoms with E-state index in [0.29, 0.717) is 5.54 Å². The molecule has 2 nitrogen and oxygen atoms in total. The SMILES string of the molecule is CC(C)N1CCN(I)C2(CC2)C1. The Kier molecular flexibility index (Phi) is 2.38. The van der Waals surface area contributed by atoms with E-state index in [4.69, 9.17) is 0 Å². The van der Waals surface area contributed by atoms with E-state index in [1.807, 2.05) is 0 Å². The van der Waals surface area contributed by atoms with Crippen LogP contribution in [0.5, 0.6) is 0 Å². The van der Waals surface area contributed by atoms with Gasteiger partial charge in [0.2, 0.25) is 0 Å². The molecule has 0 aromatic heterocycles. The van der Waals surface area contributed by atoms with Gasteiger partial charge in [-0.2, -0.15) is 0 Å². The topological polar surface area (TPSA) is 6.48 Å². The molecule has 1 saturated heterocycles. The monoisotopic (exact) mass is 280 g/mol. The van der Waals surface area contributed by atoms with Crippen molar-refractivity contribution in [1.29, 1.82) is 0 Å². The van der Waals surface area contributed by atoms with Crippen LogP contribution in [0.25, 0.3) is 0 Å². The first kappa shape index (κ1) is 9.21. The highest BCUT2D eigenvalue weighted by Gasteiger charge is 2.50. The number of hydrogen-bond donors (Lipinski definition) is 0. The maximum absolute atomic E-state index is 2.61. The molecule has 0 radical (unpaired) electrons. The Morgan fingerprint density at radius 2 is 1.92 bits per heavy atom. The summed E-state index contributed by atoms with van der Waals surface area (Å²) in [5, 5.41) is 0. The lowest BCUT2D eigenvalue weighted by atomic mass is 10.1. The van der Waals surface area contributed by atoms with Crippen LogP contribution in [0.4, 0.5) is 0 Å². The predicted octanol–water partition coefficient (Wildman–Crippen LogP) is 1.90. The van der Waals surface area contributed by atoms with E-state index in [9.17, 15) is 0 Å². The first-order valence-corrected chi connectivity index (χ1v) is 5.78. The van der Waals surface area contributed by atoms with Gasteiger partial charge in [0.25, 0.3) is 0 Å². The van der Waals surface area contributed by atoms with Gasteiger partial charge in [0.05, 0.1) is 0 Å². The van der Waals surface area contributed by atoms with Crippen LogP contribution in [0.2, 0.25) is 0 Å². The van der Waals surface area contributed by atoms with Crippen LogP contribution in [0.15, 0.2) is 0 Å². The fourth-order valence-electron chi connectivity index (χ4n) is 1.97. The molecule has 1 saturated carbocycles. The summed E-state index contributed by atoms with van der Waals surface area (Å²) < 4.78 is 2.53. The summed E-state index contributed by atoms with van der Waals surface area (Å²) in [6, 6.07) is 0.729. The molecule has 2 fully saturated rings. The molecule has 0 unspecified atom stereocenters. The standard InChI is InChI=1S/C9H17IN2/c1-8(2)11-5-6-12(10)9(7-11)3-4-9/h8H,3-7H2,1-2H3. The van der Waals surface area contributed by atoms with Crippen LogP contribution >= 0.6 is 22.9 Å². The lowest BCUT2D eigenvalue weighted by Crippen LogP contribution is -2.52. The average Bonchev–Trinajstić information content (AvgIpc) is 2.76. The van der Waals surface area contributed by atoms with Crippen LogP contribution in [0.3, 0.4) is 0 Å². The minimum Gasteiger partial charge on any atom is -0.298 e. The number of hydrogen-bond acceptors (Lipinski definition) is 2. The largest absolute Gasteiger partial charge is 0.298 e. The van der Waals surface area contributed by atoms with Crippen molar-refractivity contribution < 1.29 is 0 Å². The Morgan fingerprint density at radius 3 is 2.42 bits per heavy atom.